The predicted octanol–water partition coefficient (Wildman–Crippen LogP) is 3.02. The van der Waals surface area contributed by atoms with Crippen molar-refractivity contribution in [2.24, 2.45) is 11.1 Å². The van der Waals surface area contributed by atoms with E-state index in [1.807, 2.05) is 0 Å². The van der Waals surface area contributed by atoms with Crippen molar-refractivity contribution >= 4 is 0 Å². The lowest BCUT2D eigenvalue weighted by atomic mass is 9.86. The molecule has 0 radical (unpaired) electrons. The second-order valence-corrected chi connectivity index (χ2v) is 5.75. The summed E-state index contributed by atoms with van der Waals surface area (Å²) in [6.45, 7) is 10.2. The van der Waals surface area contributed by atoms with Crippen LogP contribution in [0, 0.1) is 5.41 Å². The van der Waals surface area contributed by atoms with E-state index < -0.39 is 0 Å². The molecule has 2 heteroatoms. The van der Waals surface area contributed by atoms with Crippen LogP contribution in [0.2, 0.25) is 0 Å². The van der Waals surface area contributed by atoms with E-state index in [2.05, 4.69) is 25.7 Å². The fraction of sp³-hybridized carbons (Fsp3) is 1.00. The summed E-state index contributed by atoms with van der Waals surface area (Å²) in [4.78, 5) is 2.71. The minimum atomic E-state index is 0.317. The number of rotatable bonds is 5. The molecule has 0 saturated carbocycles. The smallest absolute Gasteiger partial charge is 0.00928 e. The van der Waals surface area contributed by atoms with Crippen molar-refractivity contribution in [3.8, 4) is 0 Å². The van der Waals surface area contributed by atoms with Gasteiger partial charge in [-0.25, -0.2) is 0 Å². The van der Waals surface area contributed by atoms with Gasteiger partial charge >= 0.3 is 0 Å². The van der Waals surface area contributed by atoms with Crippen LogP contribution in [-0.4, -0.2) is 30.6 Å². The Hall–Kier alpha value is -0.0800. The Balaban J connectivity index is 2.60. The van der Waals surface area contributed by atoms with Gasteiger partial charge in [0.25, 0.3) is 0 Å². The predicted molar refractivity (Wildman–Crippen MR) is 71.6 cm³/mol. The minimum absolute atomic E-state index is 0.317. The standard InChI is InChI=1S/C14H30N2/c1-4-13-9-7-6-8-10-16(13)12-14(3,5-2)11-15/h13H,4-12,15H2,1-3H3. The third-order valence-electron chi connectivity index (χ3n) is 4.40. The van der Waals surface area contributed by atoms with Crippen molar-refractivity contribution in [2.45, 2.75) is 65.3 Å². The summed E-state index contributed by atoms with van der Waals surface area (Å²) < 4.78 is 0. The second-order valence-electron chi connectivity index (χ2n) is 5.75. The van der Waals surface area contributed by atoms with Gasteiger partial charge in [0.15, 0.2) is 0 Å². The molecule has 2 N–H and O–H groups in total. The van der Waals surface area contributed by atoms with E-state index in [0.29, 0.717) is 5.41 Å². The third-order valence-corrected chi connectivity index (χ3v) is 4.40. The molecule has 16 heavy (non-hydrogen) atoms. The molecule has 0 spiro atoms. The minimum Gasteiger partial charge on any atom is -0.330 e. The van der Waals surface area contributed by atoms with Crippen molar-refractivity contribution in [1.29, 1.82) is 0 Å². The van der Waals surface area contributed by atoms with Crippen molar-refractivity contribution in [2.75, 3.05) is 19.6 Å². The zero-order valence-electron chi connectivity index (χ0n) is 11.5. The lowest BCUT2D eigenvalue weighted by Gasteiger charge is -2.37. The molecule has 0 aromatic carbocycles. The second kappa shape index (κ2) is 6.61. The van der Waals surface area contributed by atoms with Gasteiger partial charge in [-0.3, -0.25) is 4.90 Å². The van der Waals surface area contributed by atoms with Crippen LogP contribution in [0.15, 0.2) is 0 Å². The molecule has 1 aliphatic rings. The van der Waals surface area contributed by atoms with Crippen molar-refractivity contribution in [3.63, 3.8) is 0 Å². The normalized spacial score (nSPS) is 27.4. The van der Waals surface area contributed by atoms with Gasteiger partial charge < -0.3 is 5.73 Å². The fourth-order valence-corrected chi connectivity index (χ4v) is 2.72. The van der Waals surface area contributed by atoms with Gasteiger partial charge in [-0.2, -0.15) is 0 Å². The van der Waals surface area contributed by atoms with Crippen LogP contribution in [0.4, 0.5) is 0 Å². The molecule has 2 nitrogen and oxygen atoms in total. The number of hydrogen-bond acceptors (Lipinski definition) is 2. The fourth-order valence-electron chi connectivity index (χ4n) is 2.72. The lowest BCUT2D eigenvalue weighted by molar-refractivity contribution is 0.118. The highest BCUT2D eigenvalue weighted by Crippen LogP contribution is 2.26. The first-order chi connectivity index (χ1) is 7.65. The summed E-state index contributed by atoms with van der Waals surface area (Å²) in [5.74, 6) is 0. The summed E-state index contributed by atoms with van der Waals surface area (Å²) in [6, 6.07) is 0.805. The maximum absolute atomic E-state index is 5.93. The topological polar surface area (TPSA) is 29.3 Å². The molecule has 0 aromatic heterocycles. The van der Waals surface area contributed by atoms with Crippen LogP contribution in [0.5, 0.6) is 0 Å². The van der Waals surface area contributed by atoms with E-state index in [-0.39, 0.29) is 0 Å². The maximum Gasteiger partial charge on any atom is 0.00928 e. The molecule has 0 aliphatic carbocycles. The summed E-state index contributed by atoms with van der Waals surface area (Å²) in [7, 11) is 0. The molecule has 2 atom stereocenters. The summed E-state index contributed by atoms with van der Waals surface area (Å²) in [6.07, 6.45) is 8.08. The molecular weight excluding hydrogens is 196 g/mol. The van der Waals surface area contributed by atoms with Gasteiger partial charge in [-0.05, 0) is 44.2 Å². The Morgan fingerprint density at radius 2 is 2.00 bits per heavy atom. The van der Waals surface area contributed by atoms with Crippen LogP contribution < -0.4 is 5.73 Å². The third kappa shape index (κ3) is 3.74. The Labute approximate surface area is 102 Å². The largest absolute Gasteiger partial charge is 0.330 e. The quantitative estimate of drug-likeness (QED) is 0.781. The highest BCUT2D eigenvalue weighted by atomic mass is 15.2. The molecule has 1 fully saturated rings. The molecule has 96 valence electrons. The van der Waals surface area contributed by atoms with Crippen molar-refractivity contribution in [3.05, 3.63) is 0 Å². The average Bonchev–Trinajstić information content (AvgIpc) is 2.54. The molecule has 1 saturated heterocycles. The monoisotopic (exact) mass is 226 g/mol. The SMILES string of the molecule is CCC1CCCCCN1CC(C)(CC)CN. The molecular formula is C14H30N2. The Bertz CT molecular complexity index is 187. The van der Waals surface area contributed by atoms with E-state index >= 15 is 0 Å². The first-order valence-corrected chi connectivity index (χ1v) is 7.09. The molecule has 2 unspecified atom stereocenters. The lowest BCUT2D eigenvalue weighted by Crippen LogP contribution is -2.44. The number of hydrogen-bond donors (Lipinski definition) is 1. The van der Waals surface area contributed by atoms with Crippen LogP contribution in [-0.2, 0) is 0 Å². The van der Waals surface area contributed by atoms with Crippen LogP contribution in [0.1, 0.15) is 59.3 Å². The Morgan fingerprint density at radius 3 is 2.56 bits per heavy atom. The summed E-state index contributed by atoms with van der Waals surface area (Å²) in [5, 5.41) is 0. The highest BCUT2D eigenvalue weighted by molar-refractivity contribution is 4.83. The van der Waals surface area contributed by atoms with Gasteiger partial charge in [-0.15, -0.1) is 0 Å². The molecule has 1 aliphatic heterocycles. The number of nitrogens with two attached hydrogens (primary N) is 1. The first kappa shape index (κ1) is 14.0. The van der Waals surface area contributed by atoms with Crippen molar-refractivity contribution < 1.29 is 0 Å². The van der Waals surface area contributed by atoms with Gasteiger partial charge in [-0.1, -0.05) is 33.6 Å². The summed E-state index contributed by atoms with van der Waals surface area (Å²) >= 11 is 0. The summed E-state index contributed by atoms with van der Waals surface area (Å²) in [5.41, 5.74) is 6.25. The van der Waals surface area contributed by atoms with Crippen LogP contribution in [0.25, 0.3) is 0 Å². The van der Waals surface area contributed by atoms with E-state index in [0.717, 1.165) is 12.6 Å². The van der Waals surface area contributed by atoms with Gasteiger partial charge in [0.05, 0.1) is 0 Å². The Kier molecular flexibility index (Phi) is 5.77. The molecule has 0 bridgehead atoms. The van der Waals surface area contributed by atoms with Crippen molar-refractivity contribution in [1.82, 2.24) is 4.90 Å². The average molecular weight is 226 g/mol. The zero-order valence-corrected chi connectivity index (χ0v) is 11.5. The van der Waals surface area contributed by atoms with Crippen LogP contribution in [0.3, 0.4) is 0 Å². The maximum atomic E-state index is 5.93. The number of likely N-dealkylation sites (tertiary alicyclic amines) is 1. The first-order valence-electron chi connectivity index (χ1n) is 7.09. The van der Waals surface area contributed by atoms with Gasteiger partial charge in [0.1, 0.15) is 0 Å². The molecule has 0 amide bonds. The van der Waals surface area contributed by atoms with E-state index in [4.69, 9.17) is 5.73 Å². The molecule has 0 aromatic rings. The van der Waals surface area contributed by atoms with E-state index in [1.54, 1.807) is 0 Å². The number of nitrogens with zero attached hydrogens (tertiary/aromatic N) is 1. The Morgan fingerprint density at radius 1 is 1.25 bits per heavy atom. The van der Waals surface area contributed by atoms with E-state index in [1.165, 1.54) is 51.6 Å². The highest BCUT2D eigenvalue weighted by Gasteiger charge is 2.27. The zero-order chi connectivity index (χ0) is 12.0. The van der Waals surface area contributed by atoms with Gasteiger partial charge in [0.2, 0.25) is 0 Å². The van der Waals surface area contributed by atoms with Gasteiger partial charge in [0, 0.05) is 12.6 Å². The molecule has 1 heterocycles. The molecule has 1 rings (SSSR count). The van der Waals surface area contributed by atoms with E-state index in [9.17, 15) is 0 Å². The van der Waals surface area contributed by atoms with Crippen LogP contribution >= 0.6 is 0 Å².